The molecule has 6 heteroatoms. The third kappa shape index (κ3) is 3.65. The number of nitrogens with zero attached hydrogens (tertiary/aromatic N) is 6. The summed E-state index contributed by atoms with van der Waals surface area (Å²) >= 11 is 0. The summed E-state index contributed by atoms with van der Waals surface area (Å²) in [7, 11) is 2.07. The highest BCUT2D eigenvalue weighted by Gasteiger charge is 2.16. The highest BCUT2D eigenvalue weighted by atomic mass is 15.1. The van der Waals surface area contributed by atoms with Crippen LogP contribution in [-0.2, 0) is 13.6 Å². The molecule has 0 aliphatic heterocycles. The molecule has 0 N–H and O–H groups in total. The SMILES string of the molecule is Cn1ccc2ccc(-c3cc(N(Cc4ccncc4)c4cccnc4)cc4nccnc34)cc21. The molecule has 0 aliphatic rings. The van der Waals surface area contributed by atoms with Gasteiger partial charge in [-0.05, 0) is 65.0 Å². The Morgan fingerprint density at radius 2 is 1.68 bits per heavy atom. The van der Waals surface area contributed by atoms with Crippen molar-refractivity contribution in [2.45, 2.75) is 6.54 Å². The summed E-state index contributed by atoms with van der Waals surface area (Å²) in [5.74, 6) is 0. The van der Waals surface area contributed by atoms with Crippen LogP contribution in [0, 0.1) is 0 Å². The number of anilines is 2. The van der Waals surface area contributed by atoms with E-state index in [2.05, 4.69) is 80.1 Å². The third-order valence-electron chi connectivity index (χ3n) is 6.12. The first-order valence-corrected chi connectivity index (χ1v) is 11.1. The van der Waals surface area contributed by atoms with Gasteiger partial charge >= 0.3 is 0 Å². The standard InChI is InChI=1S/C28H22N6/c1-33-14-8-21-4-5-22(15-27(21)33)25-16-24(17-26-28(25)32-13-12-31-26)34(23-3-2-9-30-18-23)19-20-6-10-29-11-7-20/h2-18H,19H2,1H3. The summed E-state index contributed by atoms with van der Waals surface area (Å²) in [5, 5.41) is 1.22. The lowest BCUT2D eigenvalue weighted by molar-refractivity contribution is 0.964. The van der Waals surface area contributed by atoms with E-state index < -0.39 is 0 Å². The van der Waals surface area contributed by atoms with Crippen LogP contribution in [-0.4, -0.2) is 24.5 Å². The maximum atomic E-state index is 4.70. The number of hydrogen-bond acceptors (Lipinski definition) is 5. The highest BCUT2D eigenvalue weighted by molar-refractivity contribution is 5.97. The van der Waals surface area contributed by atoms with Crippen LogP contribution in [0.15, 0.2) is 104 Å². The lowest BCUT2D eigenvalue weighted by Crippen LogP contribution is -2.17. The zero-order valence-corrected chi connectivity index (χ0v) is 18.7. The van der Waals surface area contributed by atoms with Crippen molar-refractivity contribution in [3.8, 4) is 11.1 Å². The summed E-state index contributed by atoms with van der Waals surface area (Å²) < 4.78 is 2.14. The molecule has 34 heavy (non-hydrogen) atoms. The normalized spacial score (nSPS) is 11.2. The Morgan fingerprint density at radius 3 is 2.53 bits per heavy atom. The number of aryl methyl sites for hydroxylation is 1. The predicted octanol–water partition coefficient (Wildman–Crippen LogP) is 5.92. The molecule has 0 radical (unpaired) electrons. The fourth-order valence-electron chi connectivity index (χ4n) is 4.38. The molecule has 0 aliphatic carbocycles. The molecule has 164 valence electrons. The van der Waals surface area contributed by atoms with Crippen molar-refractivity contribution >= 4 is 33.3 Å². The average Bonchev–Trinajstić information content (AvgIpc) is 3.27. The molecule has 0 saturated carbocycles. The molecule has 0 amide bonds. The maximum Gasteiger partial charge on any atom is 0.0966 e. The van der Waals surface area contributed by atoms with Gasteiger partial charge in [0, 0.05) is 67.5 Å². The molecule has 6 nitrogen and oxygen atoms in total. The molecular formula is C28H22N6. The second-order valence-electron chi connectivity index (χ2n) is 8.27. The highest BCUT2D eigenvalue weighted by Crippen LogP contribution is 2.36. The van der Waals surface area contributed by atoms with E-state index in [0.29, 0.717) is 6.54 Å². The molecule has 6 aromatic rings. The average molecular weight is 443 g/mol. The number of hydrogen-bond donors (Lipinski definition) is 0. The van der Waals surface area contributed by atoms with Crippen molar-refractivity contribution in [2.75, 3.05) is 4.90 Å². The van der Waals surface area contributed by atoms with Crippen LogP contribution in [0.2, 0.25) is 0 Å². The lowest BCUT2D eigenvalue weighted by Gasteiger charge is -2.26. The van der Waals surface area contributed by atoms with Crippen molar-refractivity contribution in [1.29, 1.82) is 0 Å². The second-order valence-corrected chi connectivity index (χ2v) is 8.27. The van der Waals surface area contributed by atoms with Gasteiger partial charge in [0.05, 0.1) is 22.9 Å². The van der Waals surface area contributed by atoms with Crippen molar-refractivity contribution in [3.63, 3.8) is 0 Å². The first kappa shape index (κ1) is 20.1. The largest absolute Gasteiger partial charge is 0.351 e. The van der Waals surface area contributed by atoms with Gasteiger partial charge in [0.25, 0.3) is 0 Å². The van der Waals surface area contributed by atoms with Gasteiger partial charge < -0.3 is 9.47 Å². The Morgan fingerprint density at radius 1 is 0.794 bits per heavy atom. The van der Waals surface area contributed by atoms with E-state index in [0.717, 1.165) is 39.1 Å². The number of benzene rings is 2. The topological polar surface area (TPSA) is 59.7 Å². The van der Waals surface area contributed by atoms with Gasteiger partial charge in [0.15, 0.2) is 0 Å². The molecular weight excluding hydrogens is 420 g/mol. The molecule has 2 aromatic carbocycles. The Balaban J connectivity index is 1.56. The fraction of sp³-hybridized carbons (Fsp3) is 0.0714. The van der Waals surface area contributed by atoms with Gasteiger partial charge in [0.2, 0.25) is 0 Å². The van der Waals surface area contributed by atoms with Crippen LogP contribution in [0.4, 0.5) is 11.4 Å². The Hall–Kier alpha value is -4.58. The molecule has 0 fully saturated rings. The maximum absolute atomic E-state index is 4.70. The molecule has 6 rings (SSSR count). The second kappa shape index (κ2) is 8.41. The molecule has 0 saturated heterocycles. The zero-order chi connectivity index (χ0) is 22.9. The summed E-state index contributed by atoms with van der Waals surface area (Å²) in [6.07, 6.45) is 12.9. The molecule has 0 atom stereocenters. The van der Waals surface area contributed by atoms with Gasteiger partial charge in [-0.3, -0.25) is 19.9 Å². The summed E-state index contributed by atoms with van der Waals surface area (Å²) in [6.45, 7) is 0.677. The van der Waals surface area contributed by atoms with E-state index in [4.69, 9.17) is 4.98 Å². The van der Waals surface area contributed by atoms with Crippen molar-refractivity contribution in [3.05, 3.63) is 110 Å². The molecule has 4 heterocycles. The van der Waals surface area contributed by atoms with E-state index >= 15 is 0 Å². The van der Waals surface area contributed by atoms with Crippen LogP contribution in [0.1, 0.15) is 5.56 Å². The summed E-state index contributed by atoms with van der Waals surface area (Å²) in [4.78, 5) is 20.1. The lowest BCUT2D eigenvalue weighted by atomic mass is 10.0. The third-order valence-corrected chi connectivity index (χ3v) is 6.12. The number of pyridine rings is 2. The Kier molecular flexibility index (Phi) is 4.96. The van der Waals surface area contributed by atoms with E-state index in [-0.39, 0.29) is 0 Å². The van der Waals surface area contributed by atoms with Crippen LogP contribution in [0.3, 0.4) is 0 Å². The van der Waals surface area contributed by atoms with Gasteiger partial charge in [-0.15, -0.1) is 0 Å². The number of rotatable bonds is 5. The molecule has 0 unspecified atom stereocenters. The Bertz CT molecular complexity index is 1590. The van der Waals surface area contributed by atoms with Crippen LogP contribution < -0.4 is 4.90 Å². The smallest absolute Gasteiger partial charge is 0.0966 e. The summed E-state index contributed by atoms with van der Waals surface area (Å²) in [5.41, 5.74) is 8.27. The van der Waals surface area contributed by atoms with Crippen molar-refractivity contribution in [1.82, 2.24) is 24.5 Å². The first-order valence-electron chi connectivity index (χ1n) is 11.1. The molecule has 0 bridgehead atoms. The number of fused-ring (bicyclic) bond motifs is 2. The zero-order valence-electron chi connectivity index (χ0n) is 18.7. The van der Waals surface area contributed by atoms with Gasteiger partial charge in [-0.25, -0.2) is 0 Å². The van der Waals surface area contributed by atoms with Gasteiger partial charge in [0.1, 0.15) is 0 Å². The van der Waals surface area contributed by atoms with Crippen LogP contribution >= 0.6 is 0 Å². The minimum absolute atomic E-state index is 0.677. The van der Waals surface area contributed by atoms with Crippen molar-refractivity contribution in [2.24, 2.45) is 7.05 Å². The van der Waals surface area contributed by atoms with Gasteiger partial charge in [-0.2, -0.15) is 0 Å². The minimum atomic E-state index is 0.677. The molecule has 0 spiro atoms. The first-order chi connectivity index (χ1) is 16.8. The van der Waals surface area contributed by atoms with Crippen molar-refractivity contribution < 1.29 is 0 Å². The predicted molar refractivity (Wildman–Crippen MR) is 136 cm³/mol. The summed E-state index contributed by atoms with van der Waals surface area (Å²) in [6, 6.07) is 21.1. The minimum Gasteiger partial charge on any atom is -0.351 e. The molecule has 4 aromatic heterocycles. The van der Waals surface area contributed by atoms with Gasteiger partial charge in [-0.1, -0.05) is 12.1 Å². The van der Waals surface area contributed by atoms with E-state index in [1.807, 2.05) is 36.8 Å². The fourth-order valence-corrected chi connectivity index (χ4v) is 4.38. The monoisotopic (exact) mass is 442 g/mol. The quantitative estimate of drug-likeness (QED) is 0.332. The van der Waals surface area contributed by atoms with E-state index in [9.17, 15) is 0 Å². The Labute approximate surface area is 197 Å². The van der Waals surface area contributed by atoms with Crippen LogP contribution in [0.5, 0.6) is 0 Å². The van der Waals surface area contributed by atoms with Crippen LogP contribution in [0.25, 0.3) is 33.1 Å². The number of aromatic nitrogens is 5. The van der Waals surface area contributed by atoms with E-state index in [1.165, 1.54) is 10.9 Å². The van der Waals surface area contributed by atoms with E-state index in [1.54, 1.807) is 18.6 Å².